The van der Waals surface area contributed by atoms with Crippen LogP contribution in [0, 0.1) is 0 Å². The lowest BCUT2D eigenvalue weighted by Crippen LogP contribution is -2.66. The molecule has 1 aliphatic rings. The summed E-state index contributed by atoms with van der Waals surface area (Å²) in [5, 5.41) is 42.5. The van der Waals surface area contributed by atoms with Gasteiger partial charge in [0.25, 0.3) is 5.91 Å². The number of nitrogens with one attached hydrogen (secondary N) is 1. The smallest absolute Gasteiger partial charge is 0.331 e. The van der Waals surface area contributed by atoms with Crippen molar-refractivity contribution >= 4 is 29.5 Å². The molecule has 3 atom stereocenters. The summed E-state index contributed by atoms with van der Waals surface area (Å²) in [5.41, 5.74) is 5.51. The molecule has 1 fully saturated rings. The molecule has 3 unspecified atom stereocenters. The van der Waals surface area contributed by atoms with Gasteiger partial charge in [0.05, 0.1) is 13.2 Å². The number of aliphatic carboxylic acids is 2. The Balaban J connectivity index is 1.59. The minimum absolute atomic E-state index is 0.0516. The van der Waals surface area contributed by atoms with E-state index in [1.807, 2.05) is 0 Å². The molecular formula is C23H24N4O9. The number of hydrogen-bond acceptors (Lipinski definition) is 9. The largest absolute Gasteiger partial charge is 0.508 e. The van der Waals surface area contributed by atoms with Gasteiger partial charge in [0, 0.05) is 12.0 Å². The van der Waals surface area contributed by atoms with Gasteiger partial charge in [-0.15, -0.1) is 0 Å². The fourth-order valence-electron chi connectivity index (χ4n) is 3.50. The second kappa shape index (κ2) is 11.2. The van der Waals surface area contributed by atoms with Crippen LogP contribution in [-0.2, 0) is 19.2 Å². The molecule has 3 rings (SSSR count). The lowest BCUT2D eigenvalue weighted by atomic mass is 9.97. The van der Waals surface area contributed by atoms with Crippen molar-refractivity contribution < 1.29 is 44.4 Å². The average Bonchev–Trinajstić information content (AvgIpc) is 2.85. The van der Waals surface area contributed by atoms with Crippen molar-refractivity contribution in [1.29, 1.82) is 0 Å². The number of hydrogen-bond donors (Lipinski definition) is 6. The summed E-state index contributed by atoms with van der Waals surface area (Å²) >= 11 is 0. The monoisotopic (exact) mass is 500 g/mol. The van der Waals surface area contributed by atoms with E-state index in [0.717, 1.165) is 4.90 Å². The van der Waals surface area contributed by atoms with Gasteiger partial charge in [-0.2, -0.15) is 0 Å². The van der Waals surface area contributed by atoms with Crippen LogP contribution < -0.4 is 15.8 Å². The first-order valence-corrected chi connectivity index (χ1v) is 10.7. The highest BCUT2D eigenvalue weighted by Crippen LogP contribution is 2.28. The molecule has 0 aromatic heterocycles. The minimum Gasteiger partial charge on any atom is -0.508 e. The van der Waals surface area contributed by atoms with Crippen LogP contribution in [0.5, 0.6) is 11.5 Å². The molecule has 2 aromatic rings. The maximum atomic E-state index is 12.6. The lowest BCUT2D eigenvalue weighted by Gasteiger charge is -2.42. The van der Waals surface area contributed by atoms with Crippen LogP contribution in [-0.4, -0.2) is 80.1 Å². The van der Waals surface area contributed by atoms with Gasteiger partial charge in [-0.05, 0) is 42.0 Å². The Morgan fingerprint density at radius 3 is 2.25 bits per heavy atom. The molecule has 1 heterocycles. The van der Waals surface area contributed by atoms with Gasteiger partial charge in [-0.3, -0.25) is 14.4 Å². The Kier molecular flexibility index (Phi) is 8.07. The summed E-state index contributed by atoms with van der Waals surface area (Å²) in [6, 6.07) is 7.83. The van der Waals surface area contributed by atoms with Crippen LogP contribution in [0.15, 0.2) is 53.7 Å². The van der Waals surface area contributed by atoms with Crippen LogP contribution in [0.1, 0.15) is 23.6 Å². The molecule has 0 spiro atoms. The molecule has 0 bridgehead atoms. The third-order valence-electron chi connectivity index (χ3n) is 5.48. The molecule has 2 amide bonds. The number of carbonyl (C=O) groups is 4. The highest BCUT2D eigenvalue weighted by molar-refractivity contribution is 6.45. The first-order chi connectivity index (χ1) is 17.1. The van der Waals surface area contributed by atoms with Crippen LogP contribution >= 0.6 is 0 Å². The van der Waals surface area contributed by atoms with Crippen molar-refractivity contribution in [1.82, 2.24) is 10.2 Å². The fraction of sp³-hybridized carbons (Fsp3) is 0.261. The van der Waals surface area contributed by atoms with Gasteiger partial charge in [0.1, 0.15) is 23.6 Å². The summed E-state index contributed by atoms with van der Waals surface area (Å²) in [7, 11) is 0. The van der Waals surface area contributed by atoms with E-state index in [9.17, 15) is 34.6 Å². The lowest BCUT2D eigenvalue weighted by molar-refractivity contribution is -0.160. The summed E-state index contributed by atoms with van der Waals surface area (Å²) < 4.78 is 5.40. The molecule has 0 radical (unpaired) electrons. The standard InChI is InChI=1S/C23H24N4O9/c24-16(22(31)32)9-10-36-15-7-3-12(4-8-15)18(26-35)20(29)25-17-11-27(21(17)30)19(23(33)34)13-1-5-14(28)6-2-13/h1-8,16-17,19,28,35H,9-11,24H2,(H,25,29)(H,31,32)(H,33,34). The van der Waals surface area contributed by atoms with Gasteiger partial charge < -0.3 is 41.2 Å². The molecule has 13 heteroatoms. The Morgan fingerprint density at radius 2 is 1.72 bits per heavy atom. The Bertz CT molecular complexity index is 1170. The highest BCUT2D eigenvalue weighted by Gasteiger charge is 2.45. The van der Waals surface area contributed by atoms with E-state index in [1.54, 1.807) is 0 Å². The topological polar surface area (TPSA) is 212 Å². The van der Waals surface area contributed by atoms with Crippen molar-refractivity contribution in [2.75, 3.05) is 13.2 Å². The van der Waals surface area contributed by atoms with Crippen LogP contribution in [0.3, 0.4) is 0 Å². The SMILES string of the molecule is NC(CCOc1ccc(C(=NO)C(=O)NC2CN(C(C(=O)O)c3ccc(O)cc3)C2=O)cc1)C(=O)O. The molecule has 36 heavy (non-hydrogen) atoms. The minimum atomic E-state index is -1.30. The molecule has 2 aromatic carbocycles. The Labute approximate surface area is 204 Å². The highest BCUT2D eigenvalue weighted by atomic mass is 16.5. The number of likely N-dealkylation sites (tertiary alicyclic amines) is 1. The van der Waals surface area contributed by atoms with E-state index in [-0.39, 0.29) is 42.2 Å². The Hall–Kier alpha value is -4.65. The number of nitrogens with zero attached hydrogens (tertiary/aromatic N) is 2. The molecule has 0 aliphatic carbocycles. The average molecular weight is 500 g/mol. The third kappa shape index (κ3) is 5.88. The van der Waals surface area contributed by atoms with Crippen LogP contribution in [0.4, 0.5) is 0 Å². The summed E-state index contributed by atoms with van der Waals surface area (Å²) in [6.45, 7) is -0.0393. The molecule has 0 saturated carbocycles. The number of ether oxygens (including phenoxy) is 1. The number of carboxylic acids is 2. The van der Waals surface area contributed by atoms with Crippen molar-refractivity contribution in [3.63, 3.8) is 0 Å². The number of β-lactam (4-membered cyclic amide) rings is 1. The van der Waals surface area contributed by atoms with Gasteiger partial charge >= 0.3 is 11.9 Å². The van der Waals surface area contributed by atoms with Crippen molar-refractivity contribution in [3.8, 4) is 11.5 Å². The van der Waals surface area contributed by atoms with Gasteiger partial charge in [-0.25, -0.2) is 4.79 Å². The fourth-order valence-corrected chi connectivity index (χ4v) is 3.50. The number of aromatic hydroxyl groups is 1. The molecule has 1 saturated heterocycles. The number of nitrogens with two attached hydrogens (primary N) is 1. The number of carboxylic acid groups (broad SMARTS) is 2. The second-order valence-corrected chi connectivity index (χ2v) is 7.90. The summed E-state index contributed by atoms with van der Waals surface area (Å²) in [5.74, 6) is -3.59. The van der Waals surface area contributed by atoms with Crippen molar-refractivity contribution in [3.05, 3.63) is 59.7 Å². The van der Waals surface area contributed by atoms with E-state index < -0.39 is 41.9 Å². The first-order valence-electron chi connectivity index (χ1n) is 10.7. The first kappa shape index (κ1) is 26.0. The zero-order valence-corrected chi connectivity index (χ0v) is 18.8. The maximum Gasteiger partial charge on any atom is 0.331 e. The molecule has 1 aliphatic heterocycles. The molecule has 13 nitrogen and oxygen atoms in total. The maximum absolute atomic E-state index is 12.6. The number of benzene rings is 2. The van der Waals surface area contributed by atoms with E-state index >= 15 is 0 Å². The molecular weight excluding hydrogens is 476 g/mol. The van der Waals surface area contributed by atoms with E-state index in [1.165, 1.54) is 48.5 Å². The van der Waals surface area contributed by atoms with Crippen LogP contribution in [0.25, 0.3) is 0 Å². The second-order valence-electron chi connectivity index (χ2n) is 7.90. The zero-order valence-electron chi connectivity index (χ0n) is 18.8. The summed E-state index contributed by atoms with van der Waals surface area (Å²) in [4.78, 5) is 48.8. The Morgan fingerprint density at radius 1 is 1.08 bits per heavy atom. The number of carbonyl (C=O) groups excluding carboxylic acids is 2. The van der Waals surface area contributed by atoms with Crippen LogP contribution in [0.2, 0.25) is 0 Å². The van der Waals surface area contributed by atoms with Gasteiger partial charge in [0.15, 0.2) is 11.8 Å². The van der Waals surface area contributed by atoms with Crippen molar-refractivity contribution in [2.24, 2.45) is 10.9 Å². The summed E-state index contributed by atoms with van der Waals surface area (Å²) in [6.07, 6.45) is 0.0880. The third-order valence-corrected chi connectivity index (χ3v) is 5.48. The number of oxime groups is 1. The molecule has 190 valence electrons. The number of amides is 2. The quantitative estimate of drug-likeness (QED) is 0.104. The predicted molar refractivity (Wildman–Crippen MR) is 123 cm³/mol. The zero-order chi connectivity index (χ0) is 26.4. The number of phenols is 1. The van der Waals surface area contributed by atoms with E-state index in [2.05, 4.69) is 10.5 Å². The van der Waals surface area contributed by atoms with Gasteiger partial charge in [-0.1, -0.05) is 17.3 Å². The molecule has 7 N–H and O–H groups in total. The number of phenolic OH excluding ortho intramolecular Hbond substituents is 1. The van der Waals surface area contributed by atoms with E-state index in [0.29, 0.717) is 5.75 Å². The van der Waals surface area contributed by atoms with Crippen molar-refractivity contribution in [2.45, 2.75) is 24.5 Å². The normalized spacial score (nSPS) is 17.0. The predicted octanol–water partition coefficient (Wildman–Crippen LogP) is -0.0958. The number of rotatable bonds is 11. The van der Waals surface area contributed by atoms with Gasteiger partial charge in [0.2, 0.25) is 5.91 Å². The van der Waals surface area contributed by atoms with E-state index in [4.69, 9.17) is 15.6 Å².